The summed E-state index contributed by atoms with van der Waals surface area (Å²) in [4.78, 5) is 0. The molecule has 1 heterocycles. The Morgan fingerprint density at radius 2 is 1.86 bits per heavy atom. The average Bonchev–Trinajstić information content (AvgIpc) is 2.53. The first-order chi connectivity index (χ1) is 6.27. The van der Waals surface area contributed by atoms with E-state index >= 15 is 0 Å². The number of aryl methyl sites for hydroxylation is 1. The molecule has 66 valence electrons. The first-order valence-corrected chi connectivity index (χ1v) is 4.24. The van der Waals surface area contributed by atoms with E-state index in [0.29, 0.717) is 10.8 Å². The predicted molar refractivity (Wildman–Crippen MR) is 50.5 cm³/mol. The van der Waals surface area contributed by atoms with E-state index in [9.17, 15) is 0 Å². The molecule has 0 amide bonds. The summed E-state index contributed by atoms with van der Waals surface area (Å²) in [5, 5.41) is 11.3. The third kappa shape index (κ3) is 2.36. The van der Waals surface area contributed by atoms with Crippen LogP contribution in [0.5, 0.6) is 0 Å². The van der Waals surface area contributed by atoms with Gasteiger partial charge < -0.3 is 10.2 Å². The van der Waals surface area contributed by atoms with Gasteiger partial charge in [-0.15, -0.1) is 0 Å². The van der Waals surface area contributed by atoms with Gasteiger partial charge in [0.2, 0.25) is 0 Å². The van der Waals surface area contributed by atoms with Gasteiger partial charge >= 0.3 is 29.6 Å². The van der Waals surface area contributed by atoms with Gasteiger partial charge in [-0.05, 0) is 18.2 Å². The van der Waals surface area contributed by atoms with E-state index in [0.717, 1.165) is 5.56 Å². The van der Waals surface area contributed by atoms with Gasteiger partial charge in [0.1, 0.15) is 0 Å². The average molecular weight is 216 g/mol. The molecule has 3 nitrogen and oxygen atoms in total. The van der Waals surface area contributed by atoms with Crippen molar-refractivity contribution >= 4 is 11.6 Å². The van der Waals surface area contributed by atoms with E-state index in [1.54, 1.807) is 0 Å². The van der Waals surface area contributed by atoms with E-state index in [1.165, 1.54) is 5.56 Å². The van der Waals surface area contributed by atoms with Gasteiger partial charge in [-0.3, -0.25) is 5.21 Å². The molecule has 0 radical (unpaired) electrons. The molecule has 0 saturated carbocycles. The second-order valence-corrected chi connectivity index (χ2v) is 3.15. The molecule has 0 spiro atoms. The number of hydrogen-bond acceptors (Lipinski definition) is 2. The fourth-order valence-electron chi connectivity index (χ4n) is 1.08. The minimum Gasteiger partial charge on any atom is -0.349 e. The number of nitrogens with zero attached hydrogens (tertiary/aromatic N) is 3. The normalized spacial score (nSPS) is 9.57. The van der Waals surface area contributed by atoms with Crippen LogP contribution in [0.25, 0.3) is 11.3 Å². The summed E-state index contributed by atoms with van der Waals surface area (Å²) in [7, 11) is 0. The molecule has 0 fully saturated rings. The van der Waals surface area contributed by atoms with E-state index in [4.69, 9.17) is 11.6 Å². The van der Waals surface area contributed by atoms with Crippen LogP contribution in [0.1, 0.15) is 5.56 Å². The van der Waals surface area contributed by atoms with Crippen molar-refractivity contribution in [1.29, 1.82) is 0 Å². The van der Waals surface area contributed by atoms with Crippen LogP contribution < -0.4 is 34.7 Å². The molecular weight excluding hydrogens is 209 g/mol. The van der Waals surface area contributed by atoms with Crippen LogP contribution >= 0.6 is 11.6 Å². The molecule has 0 aliphatic carbocycles. The van der Waals surface area contributed by atoms with Gasteiger partial charge in [0.05, 0.1) is 0 Å². The largest absolute Gasteiger partial charge is 1.00 e. The van der Waals surface area contributed by atoms with Crippen LogP contribution in [0, 0.1) is 6.92 Å². The van der Waals surface area contributed by atoms with E-state index in [1.807, 2.05) is 31.2 Å². The zero-order valence-corrected chi connectivity index (χ0v) is 10.8. The summed E-state index contributed by atoms with van der Waals surface area (Å²) in [6.07, 6.45) is 0. The van der Waals surface area contributed by atoms with E-state index in [2.05, 4.69) is 15.4 Å². The number of benzene rings is 1. The molecule has 1 aromatic heterocycles. The van der Waals surface area contributed by atoms with Crippen LogP contribution in [0.2, 0.25) is 5.15 Å². The molecule has 2 rings (SSSR count). The maximum absolute atomic E-state index is 5.78. The molecule has 0 unspecified atom stereocenters. The Kier molecular flexibility index (Phi) is 4.13. The van der Waals surface area contributed by atoms with Crippen molar-refractivity contribution in [3.05, 3.63) is 35.0 Å². The molecule has 0 aliphatic rings. The summed E-state index contributed by atoms with van der Waals surface area (Å²) in [5.74, 6) is 0. The fourth-order valence-corrected chi connectivity index (χ4v) is 1.26. The predicted octanol–water partition coefficient (Wildman–Crippen LogP) is -0.933. The molecule has 14 heavy (non-hydrogen) atoms. The number of hydrogen-bond donors (Lipinski definition) is 0. The summed E-state index contributed by atoms with van der Waals surface area (Å²) in [5.41, 5.74) is 2.79. The minimum atomic E-state index is 0. The summed E-state index contributed by atoms with van der Waals surface area (Å²) in [6.45, 7) is 2.03. The molecule has 0 N–H and O–H groups in total. The zero-order chi connectivity index (χ0) is 9.26. The van der Waals surface area contributed by atoms with Crippen molar-refractivity contribution in [1.82, 2.24) is 15.4 Å². The molecule has 0 saturated heterocycles. The van der Waals surface area contributed by atoms with Crippen molar-refractivity contribution in [3.8, 4) is 11.3 Å². The van der Waals surface area contributed by atoms with Gasteiger partial charge in [-0.2, -0.15) is 0 Å². The molecule has 2 aromatic rings. The quantitative estimate of drug-likeness (QED) is 0.577. The maximum atomic E-state index is 5.78. The molecule has 5 heteroatoms. The van der Waals surface area contributed by atoms with Gasteiger partial charge in [0.15, 0.2) is 0 Å². The summed E-state index contributed by atoms with van der Waals surface area (Å²) in [6, 6.07) is 7.90. The Balaban J connectivity index is 0.000000980. The Hall–Kier alpha value is -0.350. The third-order valence-corrected chi connectivity index (χ3v) is 2.05. The van der Waals surface area contributed by atoms with Crippen molar-refractivity contribution in [2.45, 2.75) is 6.92 Å². The van der Waals surface area contributed by atoms with Crippen LogP contribution in [0.3, 0.4) is 0 Å². The molecule has 0 aliphatic heterocycles. The minimum absolute atomic E-state index is 0. The van der Waals surface area contributed by atoms with E-state index in [-0.39, 0.29) is 29.6 Å². The van der Waals surface area contributed by atoms with Crippen LogP contribution in [-0.2, 0) is 0 Å². The SMILES string of the molecule is Cc1ccc(-c2nn[n-]c2Cl)cc1.[Na+]. The number of aromatic nitrogens is 3. The molecule has 1 aromatic carbocycles. The second-order valence-electron chi connectivity index (χ2n) is 2.79. The topological polar surface area (TPSA) is 39.9 Å². The van der Waals surface area contributed by atoms with Crippen molar-refractivity contribution in [2.75, 3.05) is 0 Å². The first-order valence-electron chi connectivity index (χ1n) is 3.86. The monoisotopic (exact) mass is 215 g/mol. The zero-order valence-electron chi connectivity index (χ0n) is 8.03. The van der Waals surface area contributed by atoms with E-state index < -0.39 is 0 Å². The van der Waals surface area contributed by atoms with Crippen molar-refractivity contribution in [2.24, 2.45) is 0 Å². The van der Waals surface area contributed by atoms with Gasteiger partial charge in [-0.1, -0.05) is 41.4 Å². The van der Waals surface area contributed by atoms with Gasteiger partial charge in [0.25, 0.3) is 0 Å². The Bertz CT molecular complexity index is 410. The van der Waals surface area contributed by atoms with Crippen molar-refractivity contribution in [3.63, 3.8) is 0 Å². The van der Waals surface area contributed by atoms with Crippen LogP contribution in [0.4, 0.5) is 0 Å². The number of halogens is 1. The molecule has 0 bridgehead atoms. The second kappa shape index (κ2) is 4.94. The maximum Gasteiger partial charge on any atom is 1.00 e. The smallest absolute Gasteiger partial charge is 0.349 e. The third-order valence-electron chi connectivity index (χ3n) is 1.80. The van der Waals surface area contributed by atoms with Gasteiger partial charge in [0, 0.05) is 5.15 Å². The van der Waals surface area contributed by atoms with Gasteiger partial charge in [-0.25, -0.2) is 0 Å². The summed E-state index contributed by atoms with van der Waals surface area (Å²) >= 11 is 5.78. The van der Waals surface area contributed by atoms with Crippen molar-refractivity contribution < 1.29 is 29.6 Å². The first kappa shape index (κ1) is 11.7. The number of rotatable bonds is 1. The Labute approximate surface area is 109 Å². The Morgan fingerprint density at radius 1 is 1.21 bits per heavy atom. The molecular formula is C9H7ClN3Na. The Morgan fingerprint density at radius 3 is 2.36 bits per heavy atom. The molecule has 0 atom stereocenters. The fraction of sp³-hybridized carbons (Fsp3) is 0.111. The summed E-state index contributed by atoms with van der Waals surface area (Å²) < 4.78 is 0. The van der Waals surface area contributed by atoms with Crippen LogP contribution in [0.15, 0.2) is 24.3 Å². The van der Waals surface area contributed by atoms with Crippen LogP contribution in [-0.4, -0.2) is 10.3 Å². The standard InChI is InChI=1S/C9H7ClN3.Na/c1-6-2-4-7(5-3-6)8-9(10)12-13-11-8;/h2-5H,1H3;/q-1;+1.